The third-order valence-corrected chi connectivity index (χ3v) is 15.7. The molecule has 4 atom stereocenters. The third-order valence-electron chi connectivity index (χ3n) is 9.67. The van der Waals surface area contributed by atoms with Gasteiger partial charge in [0.15, 0.2) is 0 Å². The average molecular weight is 361 g/mol. The van der Waals surface area contributed by atoms with E-state index in [0.29, 0.717) is 10.8 Å². The maximum absolute atomic E-state index is 2.70. The van der Waals surface area contributed by atoms with Crippen LogP contribution >= 0.6 is 18.5 Å². The Balaban J connectivity index is 0.00000146. The van der Waals surface area contributed by atoms with E-state index in [9.17, 15) is 0 Å². The standard InChI is InChI=1S/C21H35PS.B/c1-19(2)17-5-6-20(19,3)18(10-17)23-22(4)21-11-14-7-15(12-21)9-16(8-14)13-21;/h14-18H,5-13H2,1-4H3;/t14?,15?,16?,17-,18-,20+,21?,22-;/m1./s1. The lowest BCUT2D eigenvalue weighted by atomic mass is 9.56. The van der Waals surface area contributed by atoms with Gasteiger partial charge < -0.3 is 0 Å². The van der Waals surface area contributed by atoms with E-state index in [4.69, 9.17) is 0 Å². The molecule has 0 unspecified atom stereocenters. The maximum Gasteiger partial charge on any atom is 0.0151 e. The van der Waals surface area contributed by atoms with Crippen molar-refractivity contribution in [3.05, 3.63) is 0 Å². The molecule has 0 spiro atoms. The first kappa shape index (κ1) is 18.2. The lowest BCUT2D eigenvalue weighted by molar-refractivity contribution is 0.0365. The van der Waals surface area contributed by atoms with Crippen LogP contribution in [-0.2, 0) is 0 Å². The first-order valence-corrected chi connectivity index (χ1v) is 13.5. The second-order valence-corrected chi connectivity index (χ2v) is 15.8. The minimum atomic E-state index is 0. The zero-order valence-electron chi connectivity index (χ0n) is 16.2. The number of fused-ring (bicyclic) bond motifs is 2. The van der Waals surface area contributed by atoms with Crippen LogP contribution in [-0.4, -0.2) is 25.5 Å². The van der Waals surface area contributed by atoms with E-state index in [0.717, 1.165) is 34.1 Å². The molecule has 0 aliphatic heterocycles. The van der Waals surface area contributed by atoms with Gasteiger partial charge in [-0.2, -0.15) is 0 Å². The van der Waals surface area contributed by atoms with E-state index < -0.39 is 0 Å². The molecule has 0 nitrogen and oxygen atoms in total. The van der Waals surface area contributed by atoms with Gasteiger partial charge in [-0.25, -0.2) is 0 Å². The van der Waals surface area contributed by atoms with E-state index in [1.54, 1.807) is 38.5 Å². The fourth-order valence-electron chi connectivity index (χ4n) is 8.04. The van der Waals surface area contributed by atoms with Gasteiger partial charge in [-0.05, 0) is 106 Å². The fourth-order valence-corrected chi connectivity index (χ4v) is 14.6. The summed E-state index contributed by atoms with van der Waals surface area (Å²) in [4.78, 5) is 0. The Bertz CT molecular complexity index is 483. The first-order chi connectivity index (χ1) is 10.8. The minimum Gasteiger partial charge on any atom is -0.130 e. The van der Waals surface area contributed by atoms with Crippen LogP contribution in [0, 0.1) is 34.5 Å². The van der Waals surface area contributed by atoms with Gasteiger partial charge in [-0.1, -0.05) is 20.8 Å². The Hall–Kier alpha value is 0.845. The lowest BCUT2D eigenvalue weighted by Gasteiger charge is -2.59. The van der Waals surface area contributed by atoms with Crippen molar-refractivity contribution in [1.82, 2.24) is 0 Å². The fraction of sp³-hybridized carbons (Fsp3) is 1.00. The quantitative estimate of drug-likeness (QED) is 0.406. The van der Waals surface area contributed by atoms with Gasteiger partial charge in [-0.3, -0.25) is 0 Å². The van der Waals surface area contributed by atoms with Gasteiger partial charge in [0.05, 0.1) is 0 Å². The van der Waals surface area contributed by atoms with Crippen molar-refractivity contribution >= 4 is 26.9 Å². The summed E-state index contributed by atoms with van der Waals surface area (Å²) in [6, 6.07) is 0. The van der Waals surface area contributed by atoms with Gasteiger partial charge in [0.25, 0.3) is 0 Å². The smallest absolute Gasteiger partial charge is 0.0151 e. The summed E-state index contributed by atoms with van der Waals surface area (Å²) in [5, 5.41) is 1.78. The highest BCUT2D eigenvalue weighted by Gasteiger charge is 2.62. The average Bonchev–Trinajstić information content (AvgIpc) is 2.79. The Kier molecular flexibility index (Phi) is 4.31. The summed E-state index contributed by atoms with van der Waals surface area (Å²) in [6.45, 7) is 10.5. The Morgan fingerprint density at radius 2 is 1.42 bits per heavy atom. The molecule has 6 aliphatic carbocycles. The van der Waals surface area contributed by atoms with Gasteiger partial charge in [-0.15, -0.1) is 11.4 Å². The third kappa shape index (κ3) is 2.30. The summed E-state index contributed by atoms with van der Waals surface area (Å²) < 4.78 is 0. The van der Waals surface area contributed by atoms with Gasteiger partial charge in [0.2, 0.25) is 0 Å². The van der Waals surface area contributed by atoms with Crippen LogP contribution in [0.25, 0.3) is 0 Å². The zero-order chi connectivity index (χ0) is 16.0. The predicted molar refractivity (Wildman–Crippen MR) is 110 cm³/mol. The Morgan fingerprint density at radius 1 is 0.875 bits per heavy atom. The van der Waals surface area contributed by atoms with E-state index in [2.05, 4.69) is 38.8 Å². The molecule has 0 amide bonds. The van der Waals surface area contributed by atoms with Crippen molar-refractivity contribution < 1.29 is 0 Å². The van der Waals surface area contributed by atoms with Crippen LogP contribution < -0.4 is 0 Å². The van der Waals surface area contributed by atoms with E-state index >= 15 is 0 Å². The second-order valence-electron chi connectivity index (χ2n) is 10.8. The Morgan fingerprint density at radius 3 is 1.83 bits per heavy atom. The van der Waals surface area contributed by atoms with Gasteiger partial charge >= 0.3 is 0 Å². The molecular weight excluding hydrogens is 326 g/mol. The molecule has 6 bridgehead atoms. The van der Waals surface area contributed by atoms with Crippen LogP contribution in [0.1, 0.15) is 78.6 Å². The van der Waals surface area contributed by atoms with Crippen LogP contribution in [0.2, 0.25) is 0 Å². The highest BCUT2D eigenvalue weighted by atomic mass is 32.7. The van der Waals surface area contributed by atoms with Crippen LogP contribution in [0.3, 0.4) is 0 Å². The van der Waals surface area contributed by atoms with Crippen molar-refractivity contribution in [3.8, 4) is 0 Å². The van der Waals surface area contributed by atoms with Crippen LogP contribution in [0.15, 0.2) is 0 Å². The van der Waals surface area contributed by atoms with Gasteiger partial charge in [0, 0.05) is 18.8 Å². The maximum atomic E-state index is 2.70. The molecule has 6 aliphatic rings. The van der Waals surface area contributed by atoms with Crippen molar-refractivity contribution in [1.29, 1.82) is 0 Å². The molecule has 0 aromatic heterocycles. The van der Waals surface area contributed by atoms with E-state index in [1.807, 2.05) is 0 Å². The SMILES string of the molecule is C[P@@](S[C@@H]1C[C@H]2CC[C@]1(C)C2(C)C)C12CC3CC(CC(C3)C1)C2.[B]. The molecule has 0 saturated heterocycles. The summed E-state index contributed by atoms with van der Waals surface area (Å²) >= 11 is 2.52. The van der Waals surface area contributed by atoms with Gasteiger partial charge in [0.1, 0.15) is 0 Å². The van der Waals surface area contributed by atoms with Crippen LogP contribution in [0.4, 0.5) is 0 Å². The highest BCUT2D eigenvalue weighted by Crippen LogP contribution is 2.77. The molecular formula is C21H35BPS. The monoisotopic (exact) mass is 361 g/mol. The normalized spacial score (nSPS) is 54.8. The summed E-state index contributed by atoms with van der Waals surface area (Å²) in [5.74, 6) is 4.39. The van der Waals surface area contributed by atoms with Crippen molar-refractivity contribution in [2.75, 3.05) is 6.66 Å². The summed E-state index contributed by atoms with van der Waals surface area (Å²) in [7, 11) is 0.166. The lowest BCUT2D eigenvalue weighted by Crippen LogP contribution is -2.49. The molecule has 0 N–H and O–H groups in total. The molecule has 6 rings (SSSR count). The Labute approximate surface area is 157 Å². The minimum absolute atomic E-state index is 0. The van der Waals surface area contributed by atoms with Crippen molar-refractivity contribution in [2.45, 2.75) is 89.0 Å². The summed E-state index contributed by atoms with van der Waals surface area (Å²) in [6.07, 6.45) is 14.2. The molecule has 0 aromatic rings. The summed E-state index contributed by atoms with van der Waals surface area (Å²) in [5.41, 5.74) is 1.23. The zero-order valence-corrected chi connectivity index (χ0v) is 17.9. The van der Waals surface area contributed by atoms with Crippen molar-refractivity contribution in [3.63, 3.8) is 0 Å². The molecule has 3 heteroatoms. The van der Waals surface area contributed by atoms with E-state index in [-0.39, 0.29) is 15.5 Å². The highest BCUT2D eigenvalue weighted by molar-refractivity contribution is 8.56. The first-order valence-electron chi connectivity index (χ1n) is 10.2. The molecule has 0 heterocycles. The van der Waals surface area contributed by atoms with Crippen LogP contribution in [0.5, 0.6) is 0 Å². The largest absolute Gasteiger partial charge is 0.130 e. The van der Waals surface area contributed by atoms with E-state index in [1.165, 1.54) is 19.3 Å². The second kappa shape index (κ2) is 5.67. The molecule has 0 aromatic carbocycles. The van der Waals surface area contributed by atoms with Crippen molar-refractivity contribution in [2.24, 2.45) is 34.5 Å². The molecule has 133 valence electrons. The number of hydrogen-bond acceptors (Lipinski definition) is 1. The predicted octanol–water partition coefficient (Wildman–Crippen LogP) is 6.55. The molecule has 3 radical (unpaired) electrons. The topological polar surface area (TPSA) is 0 Å². The number of rotatable bonds is 3. The molecule has 24 heavy (non-hydrogen) atoms. The number of hydrogen-bond donors (Lipinski definition) is 0. The molecule has 6 saturated carbocycles. The molecule has 6 fully saturated rings.